The number of nitrogens with one attached hydrogen (secondary N) is 2. The van der Waals surface area contributed by atoms with Crippen molar-refractivity contribution in [1.82, 2.24) is 34.9 Å². The summed E-state index contributed by atoms with van der Waals surface area (Å²) < 4.78 is 47.9. The zero-order chi connectivity index (χ0) is 31.1. The van der Waals surface area contributed by atoms with Gasteiger partial charge in [-0.05, 0) is 67.2 Å². The summed E-state index contributed by atoms with van der Waals surface area (Å²) in [5.41, 5.74) is 7.10. The van der Waals surface area contributed by atoms with Crippen LogP contribution in [0.2, 0.25) is 0 Å². The molecule has 0 radical (unpaired) electrons. The lowest BCUT2D eigenvalue weighted by atomic mass is 10.0. The van der Waals surface area contributed by atoms with Crippen LogP contribution in [-0.2, 0) is 6.54 Å². The van der Waals surface area contributed by atoms with Crippen LogP contribution in [-0.4, -0.2) is 81.2 Å². The molecule has 230 valence electrons. The number of hydrogen-bond donors (Lipinski definition) is 2. The van der Waals surface area contributed by atoms with Crippen molar-refractivity contribution < 1.29 is 17.9 Å². The first kappa shape index (κ1) is 29.0. The molecule has 6 aromatic rings. The van der Waals surface area contributed by atoms with Crippen LogP contribution >= 0.6 is 0 Å². The Balaban J connectivity index is 1.20. The smallest absolute Gasteiger partial charge is 0.261 e. The number of hydrogen-bond acceptors (Lipinski definition) is 6. The van der Waals surface area contributed by atoms with E-state index in [1.165, 1.54) is 12.1 Å². The number of aromatic nitrogens is 5. The maximum Gasteiger partial charge on any atom is 0.261 e. The Hall–Kier alpha value is -4.74. The van der Waals surface area contributed by atoms with Crippen LogP contribution in [0.3, 0.4) is 0 Å². The summed E-state index contributed by atoms with van der Waals surface area (Å²) in [5.74, 6) is -2.52. The van der Waals surface area contributed by atoms with E-state index in [9.17, 15) is 13.2 Å². The number of nitrogens with zero attached hydrogens (tertiary/aromatic N) is 5. The van der Waals surface area contributed by atoms with Crippen molar-refractivity contribution in [1.29, 1.82) is 0 Å². The van der Waals surface area contributed by atoms with Crippen LogP contribution in [0.15, 0.2) is 73.2 Å². The van der Waals surface area contributed by atoms with Gasteiger partial charge < -0.3 is 14.6 Å². The Labute approximate surface area is 257 Å². The Morgan fingerprint density at radius 3 is 2.67 bits per heavy atom. The molecule has 2 aromatic carbocycles. The van der Waals surface area contributed by atoms with E-state index in [1.807, 2.05) is 61.5 Å². The van der Waals surface area contributed by atoms with Gasteiger partial charge in [0.15, 0.2) is 5.65 Å². The van der Waals surface area contributed by atoms with E-state index in [2.05, 4.69) is 25.1 Å². The lowest BCUT2D eigenvalue weighted by molar-refractivity contribution is 0.0115. The predicted octanol–water partition coefficient (Wildman–Crippen LogP) is 6.76. The van der Waals surface area contributed by atoms with Crippen molar-refractivity contribution >= 4 is 21.9 Å². The molecule has 0 atom stereocenters. The summed E-state index contributed by atoms with van der Waals surface area (Å²) in [7, 11) is 3.92. The SMILES string of the molecule is CN(C)CCOc1cc(F)cc(-c2cccc3[nH]c(-c4n[nH]c5ncc(-c6cncc(CN7CCC(F)(F)C7)c6)cc45)cc23)c1. The summed E-state index contributed by atoms with van der Waals surface area (Å²) in [4.78, 5) is 16.2. The fourth-order valence-electron chi connectivity index (χ4n) is 5.88. The second kappa shape index (κ2) is 11.6. The molecule has 1 fully saturated rings. The zero-order valence-corrected chi connectivity index (χ0v) is 24.9. The van der Waals surface area contributed by atoms with E-state index < -0.39 is 5.92 Å². The Bertz CT molecular complexity index is 2000. The molecule has 5 heterocycles. The first-order valence-corrected chi connectivity index (χ1v) is 14.8. The fourth-order valence-corrected chi connectivity index (χ4v) is 5.88. The first-order valence-electron chi connectivity index (χ1n) is 14.8. The second-order valence-electron chi connectivity index (χ2n) is 11.9. The van der Waals surface area contributed by atoms with Gasteiger partial charge in [0.25, 0.3) is 5.92 Å². The highest BCUT2D eigenvalue weighted by atomic mass is 19.3. The van der Waals surface area contributed by atoms with Crippen LogP contribution in [0.4, 0.5) is 13.2 Å². The summed E-state index contributed by atoms with van der Waals surface area (Å²) in [6.07, 6.45) is 5.10. The minimum absolute atomic E-state index is 0.117. The largest absolute Gasteiger partial charge is 0.492 e. The van der Waals surface area contributed by atoms with Crippen LogP contribution in [0.1, 0.15) is 12.0 Å². The number of ether oxygens (including phenoxy) is 1. The minimum atomic E-state index is -2.64. The Morgan fingerprint density at radius 1 is 0.978 bits per heavy atom. The van der Waals surface area contributed by atoms with Gasteiger partial charge in [-0.3, -0.25) is 15.0 Å². The van der Waals surface area contributed by atoms with Crippen molar-refractivity contribution in [2.24, 2.45) is 0 Å². The molecule has 7 rings (SSSR count). The van der Waals surface area contributed by atoms with Gasteiger partial charge in [0.1, 0.15) is 23.9 Å². The third kappa shape index (κ3) is 6.13. The van der Waals surface area contributed by atoms with Crippen molar-refractivity contribution in [2.75, 3.05) is 40.3 Å². The highest BCUT2D eigenvalue weighted by molar-refractivity contribution is 6.01. The zero-order valence-electron chi connectivity index (χ0n) is 24.9. The molecular weight excluding hydrogens is 579 g/mol. The van der Waals surface area contributed by atoms with Crippen molar-refractivity contribution in [3.63, 3.8) is 0 Å². The van der Waals surface area contributed by atoms with Crippen LogP contribution < -0.4 is 4.74 Å². The Morgan fingerprint density at radius 2 is 1.84 bits per heavy atom. The van der Waals surface area contributed by atoms with Crippen LogP contribution in [0.25, 0.3) is 55.6 Å². The van der Waals surface area contributed by atoms with Crippen LogP contribution in [0, 0.1) is 5.82 Å². The van der Waals surface area contributed by atoms with Crippen molar-refractivity contribution in [2.45, 2.75) is 18.9 Å². The number of H-pyrrole nitrogens is 2. The molecule has 11 heteroatoms. The molecule has 1 aliphatic heterocycles. The second-order valence-corrected chi connectivity index (χ2v) is 11.9. The van der Waals surface area contributed by atoms with E-state index in [0.717, 1.165) is 50.8 Å². The number of likely N-dealkylation sites (tertiary alicyclic amines) is 1. The van der Waals surface area contributed by atoms with Gasteiger partial charge in [0, 0.05) is 78.1 Å². The number of fused-ring (bicyclic) bond motifs is 2. The quantitative estimate of drug-likeness (QED) is 0.188. The van der Waals surface area contributed by atoms with Crippen LogP contribution in [0.5, 0.6) is 5.75 Å². The lowest BCUT2D eigenvalue weighted by Crippen LogP contribution is -2.24. The number of pyridine rings is 2. The molecule has 0 unspecified atom stereocenters. The van der Waals surface area contributed by atoms with E-state index in [4.69, 9.17) is 4.74 Å². The summed E-state index contributed by atoms with van der Waals surface area (Å²) in [5, 5.41) is 9.33. The van der Waals surface area contributed by atoms with Gasteiger partial charge in [-0.25, -0.2) is 18.2 Å². The van der Waals surface area contributed by atoms with E-state index in [-0.39, 0.29) is 18.8 Å². The van der Waals surface area contributed by atoms with Gasteiger partial charge >= 0.3 is 0 Å². The molecule has 1 saturated heterocycles. The van der Waals surface area contributed by atoms with Crippen molar-refractivity contribution in [3.05, 3.63) is 84.6 Å². The van der Waals surface area contributed by atoms with E-state index >= 15 is 0 Å². The van der Waals surface area contributed by atoms with Gasteiger partial charge in [-0.15, -0.1) is 0 Å². The number of aromatic amines is 2. The minimum Gasteiger partial charge on any atom is -0.492 e. The molecule has 0 aliphatic carbocycles. The van der Waals surface area contributed by atoms with E-state index in [1.54, 1.807) is 23.5 Å². The molecule has 4 aromatic heterocycles. The third-order valence-corrected chi connectivity index (χ3v) is 8.11. The average molecular weight is 612 g/mol. The summed E-state index contributed by atoms with van der Waals surface area (Å²) in [6, 6.07) is 16.6. The number of rotatable bonds is 9. The van der Waals surface area contributed by atoms with Gasteiger partial charge in [-0.1, -0.05) is 12.1 Å². The molecule has 8 nitrogen and oxygen atoms in total. The fraction of sp³-hybridized carbons (Fsp3) is 0.265. The standard InChI is InChI=1S/C34H32F3N7O/c1-43(2)8-9-45-26-12-22(11-25(35)14-26)27-4-3-5-30-28(27)15-31(40-30)32-29-13-24(18-39-33(29)42-41-32)23-10-21(16-38-17-23)19-44-7-6-34(36,37)20-44/h3-5,10-18,40H,6-9,19-20H2,1-2H3,(H,39,41,42). The highest BCUT2D eigenvalue weighted by Gasteiger charge is 2.37. The molecule has 0 bridgehead atoms. The van der Waals surface area contributed by atoms with E-state index in [0.29, 0.717) is 42.4 Å². The maximum absolute atomic E-state index is 14.7. The topological polar surface area (TPSA) is 86.0 Å². The molecule has 1 aliphatic rings. The Kier molecular flexibility index (Phi) is 7.50. The molecule has 0 amide bonds. The predicted molar refractivity (Wildman–Crippen MR) is 169 cm³/mol. The molecule has 0 spiro atoms. The normalized spacial score (nSPS) is 15.1. The molecule has 0 saturated carbocycles. The van der Waals surface area contributed by atoms with Gasteiger partial charge in [0.2, 0.25) is 0 Å². The highest BCUT2D eigenvalue weighted by Crippen LogP contribution is 2.36. The summed E-state index contributed by atoms with van der Waals surface area (Å²) in [6.45, 7) is 1.71. The molecule has 45 heavy (non-hydrogen) atoms. The number of likely N-dealkylation sites (N-methyl/N-ethyl adjacent to an activating group) is 1. The number of alkyl halides is 2. The van der Waals surface area contributed by atoms with Crippen molar-refractivity contribution in [3.8, 4) is 39.4 Å². The lowest BCUT2D eigenvalue weighted by Gasteiger charge is -2.15. The molecule has 2 N–H and O–H groups in total. The van der Waals surface area contributed by atoms with Gasteiger partial charge in [0.05, 0.1) is 12.2 Å². The monoisotopic (exact) mass is 611 g/mol. The summed E-state index contributed by atoms with van der Waals surface area (Å²) >= 11 is 0. The molecular formula is C34H32F3N7O. The average Bonchev–Trinajstić information content (AvgIpc) is 3.72. The number of halogens is 3. The van der Waals surface area contributed by atoms with Gasteiger partial charge in [-0.2, -0.15) is 5.10 Å². The first-order chi connectivity index (χ1) is 21.7. The maximum atomic E-state index is 14.7. The number of benzene rings is 2. The third-order valence-electron chi connectivity index (χ3n) is 8.11.